The van der Waals surface area contributed by atoms with Gasteiger partial charge < -0.3 is 5.32 Å². The Bertz CT molecular complexity index is 528. The fourth-order valence-corrected chi connectivity index (χ4v) is 1.65. The predicted molar refractivity (Wildman–Crippen MR) is 69.4 cm³/mol. The molecule has 5 heteroatoms. The van der Waals surface area contributed by atoms with Gasteiger partial charge in [0.25, 0.3) is 5.91 Å². The quantitative estimate of drug-likeness (QED) is 0.924. The van der Waals surface area contributed by atoms with E-state index in [1.54, 1.807) is 12.1 Å². The molecule has 0 aliphatic heterocycles. The van der Waals surface area contributed by atoms with Gasteiger partial charge in [-0.05, 0) is 24.6 Å². The smallest absolute Gasteiger partial charge is 0.271 e. The van der Waals surface area contributed by atoms with E-state index >= 15 is 0 Å². The molecule has 0 unspecified atom stereocenters. The average Bonchev–Trinajstić information content (AvgIpc) is 2.40. The number of benzene rings is 1. The lowest BCUT2D eigenvalue weighted by molar-refractivity contribution is 0.0934. The topological polar surface area (TPSA) is 54.9 Å². The van der Waals surface area contributed by atoms with Gasteiger partial charge in [-0.15, -0.1) is 0 Å². The minimum atomic E-state index is -0.245. The molecule has 0 spiro atoms. The van der Waals surface area contributed by atoms with Crippen LogP contribution in [0.3, 0.4) is 0 Å². The summed E-state index contributed by atoms with van der Waals surface area (Å²) in [5.74, 6) is -0.245. The summed E-state index contributed by atoms with van der Waals surface area (Å²) in [5.41, 5.74) is 1.29. The molecule has 4 nitrogen and oxygen atoms in total. The Labute approximate surface area is 110 Å². The molecule has 0 saturated carbocycles. The molecule has 1 amide bonds. The normalized spacial score (nSPS) is 11.9. The molecule has 0 aliphatic carbocycles. The van der Waals surface area contributed by atoms with Gasteiger partial charge in [-0.1, -0.05) is 23.7 Å². The van der Waals surface area contributed by atoms with Gasteiger partial charge >= 0.3 is 0 Å². The minimum Gasteiger partial charge on any atom is -0.344 e. The van der Waals surface area contributed by atoms with Gasteiger partial charge in [-0.2, -0.15) is 0 Å². The Morgan fingerprint density at radius 1 is 1.28 bits per heavy atom. The van der Waals surface area contributed by atoms with Crippen LogP contribution in [0.1, 0.15) is 29.0 Å². The van der Waals surface area contributed by atoms with E-state index in [-0.39, 0.29) is 11.9 Å². The number of carbonyl (C=O) groups excluding carboxylic acids is 1. The van der Waals surface area contributed by atoms with E-state index < -0.39 is 0 Å². The highest BCUT2D eigenvalue weighted by Gasteiger charge is 2.12. The Morgan fingerprint density at radius 2 is 2.00 bits per heavy atom. The average molecular weight is 262 g/mol. The first kappa shape index (κ1) is 12.5. The monoisotopic (exact) mass is 261 g/mol. The van der Waals surface area contributed by atoms with Gasteiger partial charge in [0.05, 0.1) is 12.2 Å². The first-order valence-corrected chi connectivity index (χ1v) is 5.87. The van der Waals surface area contributed by atoms with Crippen molar-refractivity contribution in [3.8, 4) is 0 Å². The molecule has 1 heterocycles. The third-order valence-electron chi connectivity index (χ3n) is 2.51. The third kappa shape index (κ3) is 3.05. The fourth-order valence-electron chi connectivity index (χ4n) is 1.52. The summed E-state index contributed by atoms with van der Waals surface area (Å²) in [5, 5.41) is 3.52. The summed E-state index contributed by atoms with van der Waals surface area (Å²) >= 11 is 5.81. The SMILES string of the molecule is C[C@@H](NC(=O)c1cnccn1)c1ccc(Cl)cc1. The maximum absolute atomic E-state index is 11.9. The summed E-state index contributed by atoms with van der Waals surface area (Å²) < 4.78 is 0. The van der Waals surface area contributed by atoms with Crippen LogP contribution in [0.5, 0.6) is 0 Å². The lowest BCUT2D eigenvalue weighted by Crippen LogP contribution is -2.27. The third-order valence-corrected chi connectivity index (χ3v) is 2.77. The van der Waals surface area contributed by atoms with Crippen molar-refractivity contribution >= 4 is 17.5 Å². The fraction of sp³-hybridized carbons (Fsp3) is 0.154. The first-order valence-electron chi connectivity index (χ1n) is 5.49. The van der Waals surface area contributed by atoms with Crippen molar-refractivity contribution in [3.05, 3.63) is 59.1 Å². The second-order valence-electron chi connectivity index (χ2n) is 3.84. The van der Waals surface area contributed by atoms with Crippen LogP contribution in [0.15, 0.2) is 42.9 Å². The second-order valence-corrected chi connectivity index (χ2v) is 4.27. The molecule has 1 atom stereocenters. The summed E-state index contributed by atoms with van der Waals surface area (Å²) in [7, 11) is 0. The summed E-state index contributed by atoms with van der Waals surface area (Å²) in [6, 6.07) is 7.23. The van der Waals surface area contributed by atoms with E-state index in [0.29, 0.717) is 10.7 Å². The summed E-state index contributed by atoms with van der Waals surface area (Å²) in [6.07, 6.45) is 4.45. The lowest BCUT2D eigenvalue weighted by Gasteiger charge is -2.13. The van der Waals surface area contributed by atoms with Crippen molar-refractivity contribution in [2.24, 2.45) is 0 Å². The number of amides is 1. The van der Waals surface area contributed by atoms with E-state index in [1.807, 2.05) is 19.1 Å². The number of carbonyl (C=O) groups is 1. The highest BCUT2D eigenvalue weighted by Crippen LogP contribution is 2.16. The molecule has 1 aromatic carbocycles. The molecule has 0 fully saturated rings. The van der Waals surface area contributed by atoms with Gasteiger partial charge in [0, 0.05) is 17.4 Å². The highest BCUT2D eigenvalue weighted by molar-refractivity contribution is 6.30. The largest absolute Gasteiger partial charge is 0.344 e. The number of rotatable bonds is 3. The Hall–Kier alpha value is -1.94. The van der Waals surface area contributed by atoms with E-state index in [1.165, 1.54) is 18.6 Å². The van der Waals surface area contributed by atoms with Gasteiger partial charge in [0.2, 0.25) is 0 Å². The summed E-state index contributed by atoms with van der Waals surface area (Å²) in [4.78, 5) is 19.7. The van der Waals surface area contributed by atoms with Crippen molar-refractivity contribution in [1.82, 2.24) is 15.3 Å². The number of hydrogen-bond acceptors (Lipinski definition) is 3. The zero-order valence-electron chi connectivity index (χ0n) is 9.80. The van der Waals surface area contributed by atoms with E-state index in [9.17, 15) is 4.79 Å². The highest BCUT2D eigenvalue weighted by atomic mass is 35.5. The van der Waals surface area contributed by atoms with Crippen LogP contribution in [0.25, 0.3) is 0 Å². The molecule has 2 aromatic rings. The molecule has 1 N–H and O–H groups in total. The van der Waals surface area contributed by atoms with Gasteiger partial charge in [-0.25, -0.2) is 4.98 Å². The molecule has 18 heavy (non-hydrogen) atoms. The van der Waals surface area contributed by atoms with Crippen molar-refractivity contribution in [3.63, 3.8) is 0 Å². The van der Waals surface area contributed by atoms with Crippen LogP contribution in [0.4, 0.5) is 0 Å². The predicted octanol–water partition coefficient (Wildman–Crippen LogP) is 2.62. The molecular weight excluding hydrogens is 250 g/mol. The van der Waals surface area contributed by atoms with E-state index in [0.717, 1.165) is 5.56 Å². The van der Waals surface area contributed by atoms with Crippen LogP contribution in [0.2, 0.25) is 5.02 Å². The van der Waals surface area contributed by atoms with Gasteiger partial charge in [0.15, 0.2) is 0 Å². The first-order chi connectivity index (χ1) is 8.66. The van der Waals surface area contributed by atoms with Crippen molar-refractivity contribution in [2.45, 2.75) is 13.0 Å². The Balaban J connectivity index is 2.06. The van der Waals surface area contributed by atoms with Crippen LogP contribution in [-0.4, -0.2) is 15.9 Å². The molecule has 0 saturated heterocycles. The van der Waals surface area contributed by atoms with Crippen LogP contribution in [0, 0.1) is 0 Å². The Kier molecular flexibility index (Phi) is 3.89. The summed E-state index contributed by atoms with van der Waals surface area (Å²) in [6.45, 7) is 1.90. The van der Waals surface area contributed by atoms with Crippen molar-refractivity contribution in [2.75, 3.05) is 0 Å². The number of nitrogens with one attached hydrogen (secondary N) is 1. The standard InChI is InChI=1S/C13H12ClN3O/c1-9(10-2-4-11(14)5-3-10)17-13(18)12-8-15-6-7-16-12/h2-9H,1H3,(H,17,18)/t9-/m1/s1. The Morgan fingerprint density at radius 3 is 2.61 bits per heavy atom. The number of nitrogens with zero attached hydrogens (tertiary/aromatic N) is 2. The zero-order valence-corrected chi connectivity index (χ0v) is 10.6. The number of halogens is 1. The van der Waals surface area contributed by atoms with Crippen molar-refractivity contribution < 1.29 is 4.79 Å². The maximum atomic E-state index is 11.9. The molecular formula is C13H12ClN3O. The van der Waals surface area contributed by atoms with Crippen LogP contribution < -0.4 is 5.32 Å². The second kappa shape index (κ2) is 5.60. The molecule has 0 radical (unpaired) electrons. The molecule has 92 valence electrons. The van der Waals surface area contributed by atoms with E-state index in [4.69, 9.17) is 11.6 Å². The minimum absolute atomic E-state index is 0.114. The van der Waals surface area contributed by atoms with Crippen LogP contribution in [-0.2, 0) is 0 Å². The number of hydrogen-bond donors (Lipinski definition) is 1. The van der Waals surface area contributed by atoms with Crippen molar-refractivity contribution in [1.29, 1.82) is 0 Å². The number of aromatic nitrogens is 2. The maximum Gasteiger partial charge on any atom is 0.271 e. The molecule has 2 rings (SSSR count). The molecule has 1 aromatic heterocycles. The lowest BCUT2D eigenvalue weighted by atomic mass is 10.1. The zero-order chi connectivity index (χ0) is 13.0. The van der Waals surface area contributed by atoms with Gasteiger partial charge in [0.1, 0.15) is 5.69 Å². The van der Waals surface area contributed by atoms with E-state index in [2.05, 4.69) is 15.3 Å². The molecule has 0 aliphatic rings. The van der Waals surface area contributed by atoms with Crippen LogP contribution >= 0.6 is 11.6 Å². The molecule has 0 bridgehead atoms. The van der Waals surface area contributed by atoms with Gasteiger partial charge in [-0.3, -0.25) is 9.78 Å².